The van der Waals surface area contributed by atoms with Gasteiger partial charge in [-0.1, -0.05) is 12.8 Å². The van der Waals surface area contributed by atoms with Crippen LogP contribution in [0.5, 0.6) is 0 Å². The molecule has 3 nitrogen and oxygen atoms in total. The maximum absolute atomic E-state index is 5.88. The van der Waals surface area contributed by atoms with Crippen molar-refractivity contribution < 1.29 is 4.42 Å². The summed E-state index contributed by atoms with van der Waals surface area (Å²) in [5.41, 5.74) is 3.75. The zero-order valence-corrected chi connectivity index (χ0v) is 8.76. The highest BCUT2D eigenvalue weighted by Crippen LogP contribution is 2.36. The van der Waals surface area contributed by atoms with Gasteiger partial charge >= 0.3 is 0 Å². The molecular weight excluding hydrogens is 200 g/mol. The number of nitrogens with two attached hydrogens (primary N) is 1. The van der Waals surface area contributed by atoms with E-state index in [1.807, 2.05) is 6.07 Å². The van der Waals surface area contributed by atoms with Gasteiger partial charge in [0.15, 0.2) is 5.22 Å². The summed E-state index contributed by atoms with van der Waals surface area (Å²) in [4.78, 5) is 0. The monoisotopic (exact) mass is 214 g/mol. The first-order valence-corrected chi connectivity index (χ1v) is 5.38. The van der Waals surface area contributed by atoms with Crippen LogP contribution in [0.4, 0.5) is 0 Å². The Hall–Kier alpha value is -0.510. The van der Waals surface area contributed by atoms with E-state index in [0.717, 1.165) is 17.9 Å². The molecule has 0 radical (unpaired) electrons. The maximum Gasteiger partial charge on any atom is 0.197 e. The standard InChI is InChI=1S/C10H15ClN2O/c11-10-8(5-6-14-10)9(13-12)4-3-7-1-2-7/h5-7,9,13H,1-4,12H2. The highest BCUT2D eigenvalue weighted by molar-refractivity contribution is 6.29. The molecule has 0 aliphatic heterocycles. The molecule has 0 spiro atoms. The van der Waals surface area contributed by atoms with E-state index in [1.165, 1.54) is 19.3 Å². The number of nitrogens with one attached hydrogen (secondary N) is 1. The third kappa shape index (κ3) is 2.29. The largest absolute Gasteiger partial charge is 0.453 e. The smallest absolute Gasteiger partial charge is 0.197 e. The minimum atomic E-state index is 0.127. The Bertz CT molecular complexity index is 296. The van der Waals surface area contributed by atoms with E-state index >= 15 is 0 Å². The molecule has 4 heteroatoms. The second-order valence-corrected chi connectivity index (χ2v) is 4.23. The van der Waals surface area contributed by atoms with Crippen LogP contribution in [0.1, 0.15) is 37.3 Å². The zero-order chi connectivity index (χ0) is 9.97. The van der Waals surface area contributed by atoms with Gasteiger partial charge in [0.1, 0.15) is 0 Å². The molecule has 14 heavy (non-hydrogen) atoms. The quantitative estimate of drug-likeness (QED) is 0.585. The summed E-state index contributed by atoms with van der Waals surface area (Å²) in [7, 11) is 0. The van der Waals surface area contributed by atoms with E-state index in [0.29, 0.717) is 5.22 Å². The summed E-state index contributed by atoms with van der Waals surface area (Å²) in [5.74, 6) is 6.40. The van der Waals surface area contributed by atoms with E-state index in [4.69, 9.17) is 21.9 Å². The molecule has 0 bridgehead atoms. The van der Waals surface area contributed by atoms with Gasteiger partial charge in [0, 0.05) is 5.56 Å². The number of rotatable bonds is 5. The second kappa shape index (κ2) is 4.34. The van der Waals surface area contributed by atoms with E-state index in [9.17, 15) is 0 Å². The first-order valence-electron chi connectivity index (χ1n) is 5.00. The van der Waals surface area contributed by atoms with Crippen molar-refractivity contribution in [3.8, 4) is 0 Å². The Morgan fingerprint density at radius 3 is 2.93 bits per heavy atom. The molecule has 78 valence electrons. The summed E-state index contributed by atoms with van der Waals surface area (Å²) in [6.07, 6.45) is 6.59. The van der Waals surface area contributed by atoms with Crippen LogP contribution in [0.25, 0.3) is 0 Å². The molecule has 1 heterocycles. The summed E-state index contributed by atoms with van der Waals surface area (Å²) < 4.78 is 5.04. The Balaban J connectivity index is 1.93. The molecular formula is C10H15ClN2O. The summed E-state index contributed by atoms with van der Waals surface area (Å²) in [6, 6.07) is 2.00. The lowest BCUT2D eigenvalue weighted by molar-refractivity contribution is 0.474. The Labute approximate surface area is 88.6 Å². The van der Waals surface area contributed by atoms with Crippen molar-refractivity contribution in [3.63, 3.8) is 0 Å². The Kier molecular flexibility index (Phi) is 3.11. The third-order valence-electron chi connectivity index (χ3n) is 2.78. The molecule has 1 aliphatic rings. The van der Waals surface area contributed by atoms with Crippen molar-refractivity contribution in [3.05, 3.63) is 23.1 Å². The van der Waals surface area contributed by atoms with Gasteiger partial charge in [-0.05, 0) is 36.4 Å². The lowest BCUT2D eigenvalue weighted by Crippen LogP contribution is -2.27. The van der Waals surface area contributed by atoms with Gasteiger partial charge in [-0.2, -0.15) is 0 Å². The van der Waals surface area contributed by atoms with Crippen molar-refractivity contribution in [2.75, 3.05) is 0 Å². The minimum Gasteiger partial charge on any atom is -0.453 e. The number of halogens is 1. The van der Waals surface area contributed by atoms with E-state index in [1.54, 1.807) is 6.26 Å². The fourth-order valence-electron chi connectivity index (χ4n) is 1.69. The van der Waals surface area contributed by atoms with Crippen LogP contribution in [-0.2, 0) is 0 Å². The fraction of sp³-hybridized carbons (Fsp3) is 0.600. The Morgan fingerprint density at radius 2 is 2.43 bits per heavy atom. The lowest BCUT2D eigenvalue weighted by Gasteiger charge is -2.13. The lowest BCUT2D eigenvalue weighted by atomic mass is 10.0. The summed E-state index contributed by atoms with van der Waals surface area (Å²) >= 11 is 5.88. The van der Waals surface area contributed by atoms with E-state index < -0.39 is 0 Å². The van der Waals surface area contributed by atoms with Gasteiger partial charge in [-0.25, -0.2) is 0 Å². The van der Waals surface area contributed by atoms with Gasteiger partial charge in [-0.3, -0.25) is 11.3 Å². The molecule has 3 N–H and O–H groups in total. The predicted octanol–water partition coefficient (Wildman–Crippen LogP) is 2.63. The molecule has 0 aromatic carbocycles. The molecule has 1 atom stereocenters. The molecule has 1 unspecified atom stereocenters. The van der Waals surface area contributed by atoms with Crippen LogP contribution in [-0.4, -0.2) is 0 Å². The van der Waals surface area contributed by atoms with Crippen LogP contribution >= 0.6 is 11.6 Å². The first kappa shape index (κ1) is 10.0. The van der Waals surface area contributed by atoms with Crippen molar-refractivity contribution in [1.82, 2.24) is 5.43 Å². The van der Waals surface area contributed by atoms with Crippen molar-refractivity contribution in [1.29, 1.82) is 0 Å². The van der Waals surface area contributed by atoms with Crippen molar-refractivity contribution in [2.24, 2.45) is 11.8 Å². The van der Waals surface area contributed by atoms with Gasteiger partial charge in [0.25, 0.3) is 0 Å². The average Bonchev–Trinajstić information content (AvgIpc) is 2.92. The maximum atomic E-state index is 5.88. The van der Waals surface area contributed by atoms with Gasteiger partial charge < -0.3 is 4.42 Å². The normalized spacial score (nSPS) is 18.4. The van der Waals surface area contributed by atoms with Gasteiger partial charge in [0.2, 0.25) is 0 Å². The number of hydrogen-bond acceptors (Lipinski definition) is 3. The van der Waals surface area contributed by atoms with Crippen LogP contribution in [0, 0.1) is 5.92 Å². The molecule has 0 amide bonds. The van der Waals surface area contributed by atoms with Crippen LogP contribution in [0.2, 0.25) is 5.22 Å². The van der Waals surface area contributed by atoms with Gasteiger partial charge in [0.05, 0.1) is 12.3 Å². The molecule has 2 rings (SSSR count). The molecule has 1 aromatic heterocycles. The molecule has 0 saturated heterocycles. The van der Waals surface area contributed by atoms with Crippen LogP contribution < -0.4 is 11.3 Å². The van der Waals surface area contributed by atoms with Crippen LogP contribution in [0.3, 0.4) is 0 Å². The SMILES string of the molecule is NNC(CCC1CC1)c1ccoc1Cl. The minimum absolute atomic E-state index is 0.127. The van der Waals surface area contributed by atoms with Gasteiger partial charge in [-0.15, -0.1) is 0 Å². The first-order chi connectivity index (χ1) is 6.81. The summed E-state index contributed by atoms with van der Waals surface area (Å²) in [5, 5.41) is 0.448. The topological polar surface area (TPSA) is 51.2 Å². The molecule has 1 aromatic rings. The number of hydrogen-bond donors (Lipinski definition) is 2. The highest BCUT2D eigenvalue weighted by Gasteiger charge is 2.24. The van der Waals surface area contributed by atoms with Crippen molar-refractivity contribution >= 4 is 11.6 Å². The Morgan fingerprint density at radius 1 is 1.64 bits per heavy atom. The highest BCUT2D eigenvalue weighted by atomic mass is 35.5. The zero-order valence-electron chi connectivity index (χ0n) is 8.00. The van der Waals surface area contributed by atoms with Crippen LogP contribution in [0.15, 0.2) is 16.7 Å². The summed E-state index contributed by atoms with van der Waals surface area (Å²) in [6.45, 7) is 0. The molecule has 1 saturated carbocycles. The average molecular weight is 215 g/mol. The number of furan rings is 1. The number of hydrazine groups is 1. The van der Waals surface area contributed by atoms with E-state index in [2.05, 4.69) is 5.43 Å². The van der Waals surface area contributed by atoms with Crippen molar-refractivity contribution in [2.45, 2.75) is 31.7 Å². The molecule has 1 aliphatic carbocycles. The fourth-order valence-corrected chi connectivity index (χ4v) is 1.94. The second-order valence-electron chi connectivity index (χ2n) is 3.89. The molecule has 1 fully saturated rings. The third-order valence-corrected chi connectivity index (χ3v) is 3.09. The predicted molar refractivity (Wildman–Crippen MR) is 55.7 cm³/mol. The van der Waals surface area contributed by atoms with E-state index in [-0.39, 0.29) is 6.04 Å².